The molecular weight excluding hydrogens is 370 g/mol. The second kappa shape index (κ2) is 7.48. The van der Waals surface area contributed by atoms with E-state index in [2.05, 4.69) is 5.32 Å². The molecule has 0 spiro atoms. The van der Waals surface area contributed by atoms with Crippen molar-refractivity contribution < 1.29 is 23.8 Å². The monoisotopic (exact) mass is 389 g/mol. The molecule has 3 rings (SSSR count). The average Bonchev–Trinajstić information content (AvgIpc) is 3.06. The van der Waals surface area contributed by atoms with Gasteiger partial charge in [-0.1, -0.05) is 29.3 Å². The van der Waals surface area contributed by atoms with E-state index in [0.717, 1.165) is 22.4 Å². The number of halogens is 1. The van der Waals surface area contributed by atoms with Gasteiger partial charge in [-0.15, -0.1) is 0 Å². The van der Waals surface area contributed by atoms with Crippen molar-refractivity contribution >= 4 is 29.2 Å². The molecule has 0 aromatic heterocycles. The molecule has 27 heavy (non-hydrogen) atoms. The van der Waals surface area contributed by atoms with Crippen molar-refractivity contribution in [1.82, 2.24) is 0 Å². The first-order valence-electron chi connectivity index (χ1n) is 8.45. The Balaban J connectivity index is 1.70. The highest BCUT2D eigenvalue weighted by molar-refractivity contribution is 6.32. The number of hydrogen-bond acceptors (Lipinski definition) is 5. The zero-order chi connectivity index (χ0) is 19.7. The lowest BCUT2D eigenvalue weighted by atomic mass is 10.0. The smallest absolute Gasteiger partial charge is 0.339 e. The molecule has 0 saturated carbocycles. The molecule has 1 aliphatic heterocycles. The third kappa shape index (κ3) is 4.01. The number of ether oxygens (including phenoxy) is 3. The van der Waals surface area contributed by atoms with E-state index in [0.29, 0.717) is 11.5 Å². The molecule has 6 nitrogen and oxygen atoms in total. The summed E-state index contributed by atoms with van der Waals surface area (Å²) in [4.78, 5) is 24.8. The molecule has 1 unspecified atom stereocenters. The Morgan fingerprint density at radius 3 is 2.44 bits per heavy atom. The molecule has 1 heterocycles. The first-order chi connectivity index (χ1) is 12.8. The second-order valence-electron chi connectivity index (χ2n) is 6.50. The molecule has 0 radical (unpaired) electrons. The number of esters is 1. The van der Waals surface area contributed by atoms with Gasteiger partial charge in [-0.2, -0.15) is 0 Å². The second-order valence-corrected chi connectivity index (χ2v) is 6.91. The highest BCUT2D eigenvalue weighted by Gasteiger charge is 2.24. The molecule has 1 N–H and O–H groups in total. The quantitative estimate of drug-likeness (QED) is 0.794. The van der Waals surface area contributed by atoms with Gasteiger partial charge in [-0.25, -0.2) is 4.79 Å². The van der Waals surface area contributed by atoms with E-state index in [1.807, 2.05) is 32.9 Å². The minimum absolute atomic E-state index is 0.0433. The Bertz CT molecular complexity index is 902. The van der Waals surface area contributed by atoms with Gasteiger partial charge in [0.05, 0.1) is 10.6 Å². The standard InChI is InChI=1S/C20H20ClNO5/c1-10-5-11(2)17(12(3)6-10)22-19(23)13(4)27-20(24)14-7-15(21)18-16(8-14)25-9-26-18/h5-8,13H,9H2,1-4H3,(H,22,23). The number of hydrogen-bond donors (Lipinski definition) is 1. The fraction of sp³-hybridized carbons (Fsp3) is 0.300. The van der Waals surface area contributed by atoms with Crippen LogP contribution < -0.4 is 14.8 Å². The molecule has 1 aliphatic rings. The van der Waals surface area contributed by atoms with Crippen LogP contribution in [-0.2, 0) is 9.53 Å². The summed E-state index contributed by atoms with van der Waals surface area (Å²) in [6, 6.07) is 6.87. The van der Waals surface area contributed by atoms with Gasteiger partial charge in [0.15, 0.2) is 17.6 Å². The van der Waals surface area contributed by atoms with Crippen molar-refractivity contribution in [3.63, 3.8) is 0 Å². The summed E-state index contributed by atoms with van der Waals surface area (Å²) in [6.07, 6.45) is -0.984. The van der Waals surface area contributed by atoms with E-state index < -0.39 is 18.0 Å². The van der Waals surface area contributed by atoms with Crippen molar-refractivity contribution in [2.45, 2.75) is 33.8 Å². The van der Waals surface area contributed by atoms with Crippen molar-refractivity contribution in [3.05, 3.63) is 51.5 Å². The van der Waals surface area contributed by atoms with Crippen LogP contribution in [0.3, 0.4) is 0 Å². The van der Waals surface area contributed by atoms with Gasteiger partial charge in [0.2, 0.25) is 6.79 Å². The minimum Gasteiger partial charge on any atom is -0.454 e. The van der Waals surface area contributed by atoms with Crippen LogP contribution in [0.15, 0.2) is 24.3 Å². The highest BCUT2D eigenvalue weighted by atomic mass is 35.5. The first kappa shape index (κ1) is 19.0. The summed E-state index contributed by atoms with van der Waals surface area (Å²) in [6.45, 7) is 7.39. The number of anilines is 1. The zero-order valence-electron chi connectivity index (χ0n) is 15.5. The fourth-order valence-electron chi connectivity index (χ4n) is 2.97. The molecule has 1 atom stereocenters. The zero-order valence-corrected chi connectivity index (χ0v) is 16.3. The van der Waals surface area contributed by atoms with Crippen LogP contribution in [0.4, 0.5) is 5.69 Å². The van der Waals surface area contributed by atoms with Gasteiger partial charge in [0, 0.05) is 5.69 Å². The molecule has 0 fully saturated rings. The Labute approximate surface area is 162 Å². The van der Waals surface area contributed by atoms with E-state index in [9.17, 15) is 9.59 Å². The number of carbonyl (C=O) groups excluding carboxylic acids is 2. The van der Waals surface area contributed by atoms with Crippen LogP contribution in [0.1, 0.15) is 34.0 Å². The maximum absolute atomic E-state index is 12.5. The van der Waals surface area contributed by atoms with E-state index in [4.69, 9.17) is 25.8 Å². The molecule has 0 aliphatic carbocycles. The third-order valence-electron chi connectivity index (χ3n) is 4.24. The summed E-state index contributed by atoms with van der Waals surface area (Å²) < 4.78 is 15.7. The summed E-state index contributed by atoms with van der Waals surface area (Å²) in [5, 5.41) is 3.08. The average molecular weight is 390 g/mol. The van der Waals surface area contributed by atoms with Crippen LogP contribution >= 0.6 is 11.6 Å². The Kier molecular flexibility index (Phi) is 5.28. The number of amides is 1. The SMILES string of the molecule is Cc1cc(C)c(NC(=O)C(C)OC(=O)c2cc(Cl)c3c(c2)OCO3)c(C)c1. The Morgan fingerprint density at radius 2 is 1.78 bits per heavy atom. The Morgan fingerprint density at radius 1 is 1.11 bits per heavy atom. The molecule has 7 heteroatoms. The van der Waals surface area contributed by atoms with Crippen molar-refractivity contribution in [3.8, 4) is 11.5 Å². The topological polar surface area (TPSA) is 73.9 Å². The van der Waals surface area contributed by atoms with Gasteiger partial charge >= 0.3 is 5.97 Å². The first-order valence-corrected chi connectivity index (χ1v) is 8.83. The van der Waals surface area contributed by atoms with Crippen LogP contribution in [0.5, 0.6) is 11.5 Å². The lowest BCUT2D eigenvalue weighted by Crippen LogP contribution is -2.30. The van der Waals surface area contributed by atoms with Crippen molar-refractivity contribution in [2.24, 2.45) is 0 Å². The summed E-state index contributed by atoms with van der Waals surface area (Å²) in [7, 11) is 0. The third-order valence-corrected chi connectivity index (χ3v) is 4.52. The van der Waals surface area contributed by atoms with Crippen LogP contribution in [0.2, 0.25) is 5.02 Å². The van der Waals surface area contributed by atoms with Gasteiger partial charge in [0.25, 0.3) is 5.91 Å². The predicted octanol–water partition coefficient (Wildman–Crippen LogP) is 4.18. The Hall–Kier alpha value is -2.73. The number of nitrogens with one attached hydrogen (secondary N) is 1. The largest absolute Gasteiger partial charge is 0.454 e. The highest BCUT2D eigenvalue weighted by Crippen LogP contribution is 2.40. The fourth-order valence-corrected chi connectivity index (χ4v) is 3.23. The molecule has 2 aromatic rings. The number of benzene rings is 2. The van der Waals surface area contributed by atoms with E-state index >= 15 is 0 Å². The number of carbonyl (C=O) groups is 2. The van der Waals surface area contributed by atoms with Crippen LogP contribution in [0.25, 0.3) is 0 Å². The minimum atomic E-state index is -0.984. The van der Waals surface area contributed by atoms with Crippen LogP contribution in [0, 0.1) is 20.8 Å². The van der Waals surface area contributed by atoms with Gasteiger partial charge in [-0.05, 0) is 51.0 Å². The summed E-state index contributed by atoms with van der Waals surface area (Å²) >= 11 is 6.08. The maximum Gasteiger partial charge on any atom is 0.339 e. The maximum atomic E-state index is 12.5. The number of fused-ring (bicyclic) bond motifs is 1. The van der Waals surface area contributed by atoms with Crippen LogP contribution in [-0.4, -0.2) is 24.8 Å². The summed E-state index contributed by atoms with van der Waals surface area (Å²) in [5.41, 5.74) is 3.91. The predicted molar refractivity (Wildman–Crippen MR) is 102 cm³/mol. The number of aryl methyl sites for hydroxylation is 3. The molecule has 0 bridgehead atoms. The molecule has 2 aromatic carbocycles. The lowest BCUT2D eigenvalue weighted by molar-refractivity contribution is -0.123. The normalized spacial score (nSPS) is 13.2. The van der Waals surface area contributed by atoms with E-state index in [1.165, 1.54) is 19.1 Å². The van der Waals surface area contributed by atoms with E-state index in [-0.39, 0.29) is 17.4 Å². The van der Waals surface area contributed by atoms with E-state index in [1.54, 1.807) is 0 Å². The van der Waals surface area contributed by atoms with Gasteiger partial charge < -0.3 is 19.5 Å². The van der Waals surface area contributed by atoms with Gasteiger partial charge in [0.1, 0.15) is 0 Å². The molecular formula is C20H20ClNO5. The molecule has 142 valence electrons. The lowest BCUT2D eigenvalue weighted by Gasteiger charge is -2.17. The molecule has 0 saturated heterocycles. The number of rotatable bonds is 4. The summed E-state index contributed by atoms with van der Waals surface area (Å²) in [5.74, 6) is -0.317. The molecule has 1 amide bonds. The van der Waals surface area contributed by atoms with Crippen molar-refractivity contribution in [1.29, 1.82) is 0 Å². The van der Waals surface area contributed by atoms with Crippen molar-refractivity contribution in [2.75, 3.05) is 12.1 Å². The van der Waals surface area contributed by atoms with Gasteiger partial charge in [-0.3, -0.25) is 4.79 Å².